The Balaban J connectivity index is 1.27. The molecule has 5 rings (SSSR count). The van der Waals surface area contributed by atoms with Gasteiger partial charge in [0.1, 0.15) is 25.9 Å². The molecule has 0 aliphatic carbocycles. The zero-order valence-electron chi connectivity index (χ0n) is 13.1. The van der Waals surface area contributed by atoms with Crippen molar-refractivity contribution in [2.24, 2.45) is 0 Å². The van der Waals surface area contributed by atoms with Crippen molar-refractivity contribution in [3.8, 4) is 0 Å². The van der Waals surface area contributed by atoms with Crippen LogP contribution in [0.25, 0.3) is 0 Å². The number of thiophene rings is 1. The standard InChI is InChI=1S/C16H22N2O4S/c1-3-13-17(7-1)9-19-15(21-13)11-5-6-12(23-11)16-20-10-18-8-2-4-14(18)22-16/h5-6,13-16H,1-4,7-10H2. The summed E-state index contributed by atoms with van der Waals surface area (Å²) in [5.74, 6) is 0. The summed E-state index contributed by atoms with van der Waals surface area (Å²) in [6.45, 7) is 3.48. The third-order valence-electron chi connectivity index (χ3n) is 5.06. The molecule has 0 amide bonds. The number of fused-ring (bicyclic) bond motifs is 2. The molecule has 4 aliphatic heterocycles. The molecule has 6 nitrogen and oxygen atoms in total. The Hall–Kier alpha value is -0.540. The maximum atomic E-state index is 6.09. The van der Waals surface area contributed by atoms with Gasteiger partial charge in [-0.15, -0.1) is 11.3 Å². The molecule has 4 saturated heterocycles. The lowest BCUT2D eigenvalue weighted by Crippen LogP contribution is -2.40. The van der Waals surface area contributed by atoms with Crippen LogP contribution >= 0.6 is 11.3 Å². The van der Waals surface area contributed by atoms with Crippen molar-refractivity contribution < 1.29 is 18.9 Å². The van der Waals surface area contributed by atoms with E-state index in [1.54, 1.807) is 11.3 Å². The minimum atomic E-state index is -0.250. The second-order valence-corrected chi connectivity index (χ2v) is 7.73. The van der Waals surface area contributed by atoms with E-state index in [9.17, 15) is 0 Å². The molecule has 0 aromatic carbocycles. The van der Waals surface area contributed by atoms with Crippen LogP contribution in [0.15, 0.2) is 12.1 Å². The summed E-state index contributed by atoms with van der Waals surface area (Å²) >= 11 is 1.68. The average Bonchev–Trinajstić information content (AvgIpc) is 3.32. The SMILES string of the molecule is c1cc(C2OCN3CCCC3O2)sc1C1OCN2CCCC2O1. The first-order valence-corrected chi connectivity index (χ1v) is 9.30. The Labute approximate surface area is 139 Å². The van der Waals surface area contributed by atoms with Gasteiger partial charge in [0.15, 0.2) is 12.6 Å². The zero-order valence-corrected chi connectivity index (χ0v) is 13.9. The van der Waals surface area contributed by atoms with Crippen molar-refractivity contribution in [1.29, 1.82) is 0 Å². The summed E-state index contributed by atoms with van der Waals surface area (Å²) in [5.41, 5.74) is 0. The highest BCUT2D eigenvalue weighted by Crippen LogP contribution is 2.39. The molecule has 126 valence electrons. The van der Waals surface area contributed by atoms with Gasteiger partial charge in [0.2, 0.25) is 0 Å². The van der Waals surface area contributed by atoms with Gasteiger partial charge >= 0.3 is 0 Å². The Morgan fingerprint density at radius 2 is 1.35 bits per heavy atom. The molecule has 1 aromatic heterocycles. The predicted molar refractivity (Wildman–Crippen MR) is 83.3 cm³/mol. The Bertz CT molecular complexity index is 522. The largest absolute Gasteiger partial charge is 0.332 e. The lowest BCUT2D eigenvalue weighted by atomic mass is 10.3. The third kappa shape index (κ3) is 2.74. The summed E-state index contributed by atoms with van der Waals surface area (Å²) in [5, 5.41) is 0. The monoisotopic (exact) mass is 338 g/mol. The van der Waals surface area contributed by atoms with Crippen LogP contribution in [0.3, 0.4) is 0 Å². The lowest BCUT2D eigenvalue weighted by molar-refractivity contribution is -0.278. The van der Waals surface area contributed by atoms with E-state index in [4.69, 9.17) is 18.9 Å². The highest BCUT2D eigenvalue weighted by Gasteiger charge is 2.36. The molecule has 0 bridgehead atoms. The molecular weight excluding hydrogens is 316 g/mol. The van der Waals surface area contributed by atoms with E-state index in [-0.39, 0.29) is 25.0 Å². The lowest BCUT2D eigenvalue weighted by Gasteiger charge is -2.35. The summed E-state index contributed by atoms with van der Waals surface area (Å²) in [6.07, 6.45) is 4.52. The van der Waals surface area contributed by atoms with E-state index < -0.39 is 0 Å². The van der Waals surface area contributed by atoms with Crippen molar-refractivity contribution in [3.05, 3.63) is 21.9 Å². The maximum absolute atomic E-state index is 6.09. The summed E-state index contributed by atoms with van der Waals surface area (Å²) in [7, 11) is 0. The van der Waals surface area contributed by atoms with Gasteiger partial charge in [-0.1, -0.05) is 0 Å². The van der Waals surface area contributed by atoms with Crippen LogP contribution in [-0.4, -0.2) is 48.8 Å². The van der Waals surface area contributed by atoms with Gasteiger partial charge in [-0.25, -0.2) is 0 Å². The van der Waals surface area contributed by atoms with Crippen molar-refractivity contribution in [1.82, 2.24) is 9.80 Å². The molecule has 7 heteroatoms. The van der Waals surface area contributed by atoms with Gasteiger partial charge in [0.05, 0.1) is 9.75 Å². The predicted octanol–water partition coefficient (Wildman–Crippen LogP) is 2.60. The molecule has 4 aliphatic rings. The molecule has 4 unspecified atom stereocenters. The van der Waals surface area contributed by atoms with E-state index in [1.807, 2.05) is 0 Å². The fraction of sp³-hybridized carbons (Fsp3) is 0.750. The number of hydrogen-bond acceptors (Lipinski definition) is 7. The Kier molecular flexibility index (Phi) is 3.90. The number of rotatable bonds is 2. The quantitative estimate of drug-likeness (QED) is 0.826. The highest BCUT2D eigenvalue weighted by atomic mass is 32.1. The zero-order chi connectivity index (χ0) is 15.2. The van der Waals surface area contributed by atoms with Gasteiger partial charge in [-0.3, -0.25) is 9.80 Å². The first-order valence-electron chi connectivity index (χ1n) is 8.49. The van der Waals surface area contributed by atoms with Crippen LogP contribution in [0, 0.1) is 0 Å². The molecule has 0 spiro atoms. The summed E-state index contributed by atoms with van der Waals surface area (Å²) < 4.78 is 23.9. The van der Waals surface area contributed by atoms with E-state index in [0.717, 1.165) is 35.7 Å². The Morgan fingerprint density at radius 1 is 0.826 bits per heavy atom. The summed E-state index contributed by atoms with van der Waals surface area (Å²) in [6, 6.07) is 4.17. The van der Waals surface area contributed by atoms with Crippen molar-refractivity contribution in [3.63, 3.8) is 0 Å². The highest BCUT2D eigenvalue weighted by molar-refractivity contribution is 7.12. The number of ether oxygens (including phenoxy) is 4. The molecule has 0 saturated carbocycles. The molecular formula is C16H22N2O4S. The first kappa shape index (κ1) is 14.8. The van der Waals surface area contributed by atoms with Crippen LogP contribution in [0.4, 0.5) is 0 Å². The third-order valence-corrected chi connectivity index (χ3v) is 6.19. The molecule has 4 fully saturated rings. The second kappa shape index (κ2) is 6.07. The normalized spacial score (nSPS) is 38.6. The molecule has 1 aromatic rings. The van der Waals surface area contributed by atoms with Crippen molar-refractivity contribution >= 4 is 11.3 Å². The van der Waals surface area contributed by atoms with E-state index in [0.29, 0.717) is 13.5 Å². The van der Waals surface area contributed by atoms with Gasteiger partial charge in [0, 0.05) is 13.1 Å². The average molecular weight is 338 g/mol. The Morgan fingerprint density at radius 3 is 1.87 bits per heavy atom. The van der Waals surface area contributed by atoms with E-state index >= 15 is 0 Å². The topological polar surface area (TPSA) is 43.4 Å². The fourth-order valence-electron chi connectivity index (χ4n) is 3.81. The smallest absolute Gasteiger partial charge is 0.196 e. The molecule has 23 heavy (non-hydrogen) atoms. The van der Waals surface area contributed by atoms with Gasteiger partial charge in [0.25, 0.3) is 0 Å². The minimum Gasteiger partial charge on any atom is -0.332 e. The van der Waals surface area contributed by atoms with Crippen LogP contribution in [0.1, 0.15) is 48.0 Å². The number of hydrogen-bond donors (Lipinski definition) is 0. The van der Waals surface area contributed by atoms with Crippen LogP contribution in [-0.2, 0) is 18.9 Å². The van der Waals surface area contributed by atoms with Gasteiger partial charge in [-0.2, -0.15) is 0 Å². The maximum Gasteiger partial charge on any atom is 0.196 e. The van der Waals surface area contributed by atoms with Crippen LogP contribution < -0.4 is 0 Å². The minimum absolute atomic E-state index is 0.216. The molecule has 5 heterocycles. The second-order valence-electron chi connectivity index (χ2n) is 6.59. The first-order chi connectivity index (χ1) is 11.4. The van der Waals surface area contributed by atoms with Crippen LogP contribution in [0.5, 0.6) is 0 Å². The fourth-order valence-corrected chi connectivity index (χ4v) is 4.79. The van der Waals surface area contributed by atoms with E-state index in [1.165, 1.54) is 12.8 Å². The van der Waals surface area contributed by atoms with Crippen LogP contribution in [0.2, 0.25) is 0 Å². The van der Waals surface area contributed by atoms with Gasteiger partial charge < -0.3 is 18.9 Å². The van der Waals surface area contributed by atoms with E-state index in [2.05, 4.69) is 21.9 Å². The molecule has 4 atom stereocenters. The van der Waals surface area contributed by atoms with Crippen molar-refractivity contribution in [2.75, 3.05) is 26.6 Å². The summed E-state index contributed by atoms with van der Waals surface area (Å²) in [4.78, 5) is 6.72. The van der Waals surface area contributed by atoms with Gasteiger partial charge in [-0.05, 0) is 37.8 Å². The molecule has 0 radical (unpaired) electrons. The molecule has 0 N–H and O–H groups in total. The number of nitrogens with zero attached hydrogens (tertiary/aromatic N) is 2. The van der Waals surface area contributed by atoms with Crippen molar-refractivity contribution in [2.45, 2.75) is 50.7 Å².